The molecule has 0 radical (unpaired) electrons. The molecule has 6 heterocycles. The van der Waals surface area contributed by atoms with Gasteiger partial charge < -0.3 is 10.3 Å². The number of aromatic nitrogens is 6. The van der Waals surface area contributed by atoms with Crippen LogP contribution in [-0.4, -0.2) is 36.0 Å². The molecule has 1 aliphatic carbocycles. The number of hydrogen-bond acceptors (Lipinski definition) is 6. The highest BCUT2D eigenvalue weighted by Gasteiger charge is 2.25. The van der Waals surface area contributed by atoms with E-state index in [1.165, 1.54) is 5.56 Å². The second-order valence-corrected chi connectivity index (χ2v) is 9.86. The van der Waals surface area contributed by atoms with E-state index in [1.807, 2.05) is 24.4 Å². The summed E-state index contributed by atoms with van der Waals surface area (Å²) in [5, 5.41) is 16.9. The quantitative estimate of drug-likeness (QED) is 0.273. The molecule has 36 heavy (non-hydrogen) atoms. The molecular formula is C27H21N7OS. The lowest BCUT2D eigenvalue weighted by atomic mass is 9.85. The third-order valence-electron chi connectivity index (χ3n) is 6.84. The Morgan fingerprint density at radius 3 is 2.81 bits per heavy atom. The fourth-order valence-electron chi connectivity index (χ4n) is 4.67. The minimum Gasteiger partial charge on any atom is -0.338 e. The van der Waals surface area contributed by atoms with Crippen LogP contribution < -0.4 is 5.32 Å². The fourth-order valence-corrected chi connectivity index (χ4v) is 5.32. The average molecular weight is 492 g/mol. The van der Waals surface area contributed by atoms with E-state index < -0.39 is 0 Å². The monoisotopic (exact) mass is 491 g/mol. The summed E-state index contributed by atoms with van der Waals surface area (Å²) in [6.07, 6.45) is 10.1. The zero-order valence-electron chi connectivity index (χ0n) is 19.2. The van der Waals surface area contributed by atoms with Crippen molar-refractivity contribution in [1.29, 1.82) is 0 Å². The van der Waals surface area contributed by atoms with Gasteiger partial charge in [-0.3, -0.25) is 19.9 Å². The molecule has 0 aromatic carbocycles. The van der Waals surface area contributed by atoms with E-state index in [2.05, 4.69) is 58.3 Å². The molecule has 3 N–H and O–H groups in total. The topological polar surface area (TPSA) is 112 Å². The smallest absolute Gasteiger partial charge is 0.227 e. The highest BCUT2D eigenvalue weighted by Crippen LogP contribution is 2.35. The molecule has 8 nitrogen and oxygen atoms in total. The van der Waals surface area contributed by atoms with Crippen LogP contribution in [0.15, 0.2) is 65.9 Å². The third kappa shape index (κ3) is 3.56. The number of nitrogens with zero attached hydrogens (tertiary/aromatic N) is 4. The summed E-state index contributed by atoms with van der Waals surface area (Å²) in [5.41, 5.74) is 7.90. The standard InChI is InChI=1S/C27H21N7OS/c35-27(15-2-1-3-15)31-18-8-17(11-28-12-18)22-10-21-24(13-30-22)33-34-25(21)23-9-20-19(16-5-7-36-14-16)4-6-29-26(20)32-23/h4-15H,1-3H2,(H,29,32)(H,31,35)(H,33,34). The van der Waals surface area contributed by atoms with Crippen LogP contribution in [-0.2, 0) is 4.79 Å². The van der Waals surface area contributed by atoms with Crippen LogP contribution in [0.4, 0.5) is 5.69 Å². The van der Waals surface area contributed by atoms with Crippen molar-refractivity contribution < 1.29 is 4.79 Å². The summed E-state index contributed by atoms with van der Waals surface area (Å²) >= 11 is 1.68. The first-order valence-corrected chi connectivity index (χ1v) is 12.8. The van der Waals surface area contributed by atoms with E-state index in [4.69, 9.17) is 0 Å². The third-order valence-corrected chi connectivity index (χ3v) is 7.53. The number of nitrogens with one attached hydrogen (secondary N) is 3. The van der Waals surface area contributed by atoms with Gasteiger partial charge in [0.1, 0.15) is 11.3 Å². The van der Waals surface area contributed by atoms with Gasteiger partial charge in [0.05, 0.1) is 35.0 Å². The molecule has 6 aromatic rings. The predicted octanol–water partition coefficient (Wildman–Crippen LogP) is 6.03. The lowest BCUT2D eigenvalue weighted by molar-refractivity contribution is -0.122. The Labute approximate surface area is 209 Å². The molecule has 176 valence electrons. The molecule has 0 aliphatic heterocycles. The van der Waals surface area contributed by atoms with E-state index in [-0.39, 0.29) is 11.8 Å². The van der Waals surface area contributed by atoms with Crippen molar-refractivity contribution in [2.45, 2.75) is 19.3 Å². The van der Waals surface area contributed by atoms with Gasteiger partial charge in [-0.25, -0.2) is 4.98 Å². The number of H-pyrrole nitrogens is 2. The van der Waals surface area contributed by atoms with Crippen LogP contribution in [0.1, 0.15) is 19.3 Å². The maximum Gasteiger partial charge on any atom is 0.227 e. The van der Waals surface area contributed by atoms with Crippen molar-refractivity contribution in [2.24, 2.45) is 5.92 Å². The van der Waals surface area contributed by atoms with Gasteiger partial charge in [0.15, 0.2) is 0 Å². The summed E-state index contributed by atoms with van der Waals surface area (Å²) in [4.78, 5) is 29.3. The van der Waals surface area contributed by atoms with Crippen LogP contribution in [0.3, 0.4) is 0 Å². The Balaban J connectivity index is 1.26. The first-order valence-electron chi connectivity index (χ1n) is 11.8. The first-order chi connectivity index (χ1) is 17.7. The minimum absolute atomic E-state index is 0.0648. The van der Waals surface area contributed by atoms with Gasteiger partial charge in [-0.1, -0.05) is 6.42 Å². The van der Waals surface area contributed by atoms with Crippen LogP contribution in [0, 0.1) is 5.92 Å². The SMILES string of the molecule is O=C(Nc1cncc(-c2cc3c(-c4cc5c(-c6ccsc6)ccnc5[nH]4)n[nH]c3cn2)c1)C1CCC1. The minimum atomic E-state index is 0.0648. The Kier molecular flexibility index (Phi) is 4.88. The van der Waals surface area contributed by atoms with Gasteiger partial charge in [-0.2, -0.15) is 16.4 Å². The predicted molar refractivity (Wildman–Crippen MR) is 141 cm³/mol. The molecule has 1 aliphatic rings. The van der Waals surface area contributed by atoms with E-state index in [1.54, 1.807) is 29.9 Å². The number of anilines is 1. The van der Waals surface area contributed by atoms with Crippen molar-refractivity contribution in [3.63, 3.8) is 0 Å². The van der Waals surface area contributed by atoms with Gasteiger partial charge in [-0.15, -0.1) is 0 Å². The van der Waals surface area contributed by atoms with Crippen LogP contribution in [0.5, 0.6) is 0 Å². The molecule has 1 fully saturated rings. The second-order valence-electron chi connectivity index (χ2n) is 9.08. The average Bonchev–Trinajstić information content (AvgIpc) is 3.61. The van der Waals surface area contributed by atoms with Crippen LogP contribution in [0.2, 0.25) is 0 Å². The summed E-state index contributed by atoms with van der Waals surface area (Å²) in [6, 6.07) is 10.2. The van der Waals surface area contributed by atoms with Crippen molar-refractivity contribution in [3.8, 4) is 33.8 Å². The number of thiophene rings is 1. The molecule has 7 rings (SSSR count). The van der Waals surface area contributed by atoms with Gasteiger partial charge >= 0.3 is 0 Å². The molecule has 0 unspecified atom stereocenters. The maximum absolute atomic E-state index is 12.4. The maximum atomic E-state index is 12.4. The molecule has 6 aromatic heterocycles. The van der Waals surface area contributed by atoms with Crippen molar-refractivity contribution in [1.82, 2.24) is 30.1 Å². The number of amides is 1. The van der Waals surface area contributed by atoms with E-state index in [0.717, 1.165) is 69.4 Å². The van der Waals surface area contributed by atoms with Crippen molar-refractivity contribution in [2.75, 3.05) is 5.32 Å². The van der Waals surface area contributed by atoms with Gasteiger partial charge in [0.2, 0.25) is 5.91 Å². The Bertz CT molecular complexity index is 1730. The fraction of sp³-hybridized carbons (Fsp3) is 0.148. The molecule has 0 bridgehead atoms. The van der Waals surface area contributed by atoms with Crippen molar-refractivity contribution in [3.05, 3.63) is 65.9 Å². The first kappa shape index (κ1) is 21.0. The van der Waals surface area contributed by atoms with Crippen molar-refractivity contribution >= 4 is 44.9 Å². The van der Waals surface area contributed by atoms with E-state index in [9.17, 15) is 4.79 Å². The molecule has 1 amide bonds. The Hall–Kier alpha value is -4.37. The van der Waals surface area contributed by atoms with E-state index >= 15 is 0 Å². The Morgan fingerprint density at radius 1 is 1.03 bits per heavy atom. The molecule has 9 heteroatoms. The zero-order valence-corrected chi connectivity index (χ0v) is 20.0. The Morgan fingerprint density at radius 2 is 1.97 bits per heavy atom. The lowest BCUT2D eigenvalue weighted by Gasteiger charge is -2.24. The van der Waals surface area contributed by atoms with Crippen LogP contribution >= 0.6 is 11.3 Å². The molecule has 0 atom stereocenters. The number of fused-ring (bicyclic) bond motifs is 2. The number of carbonyl (C=O) groups is 1. The molecular weight excluding hydrogens is 470 g/mol. The molecule has 0 saturated heterocycles. The number of carbonyl (C=O) groups excluding carboxylic acids is 1. The second kappa shape index (κ2) is 8.39. The highest BCUT2D eigenvalue weighted by molar-refractivity contribution is 7.08. The number of pyridine rings is 3. The number of rotatable bonds is 5. The highest BCUT2D eigenvalue weighted by atomic mass is 32.1. The molecule has 0 spiro atoms. The zero-order chi connectivity index (χ0) is 24.1. The van der Waals surface area contributed by atoms with E-state index in [0.29, 0.717) is 5.69 Å². The van der Waals surface area contributed by atoms with Gasteiger partial charge in [-0.05, 0) is 65.1 Å². The summed E-state index contributed by atoms with van der Waals surface area (Å²) in [5.74, 6) is 0.178. The molecule has 1 saturated carbocycles. The summed E-state index contributed by atoms with van der Waals surface area (Å²) < 4.78 is 0. The van der Waals surface area contributed by atoms with Gasteiger partial charge in [0.25, 0.3) is 0 Å². The summed E-state index contributed by atoms with van der Waals surface area (Å²) in [7, 11) is 0. The van der Waals surface area contributed by atoms with Gasteiger partial charge in [0, 0.05) is 34.6 Å². The van der Waals surface area contributed by atoms with Crippen LogP contribution in [0.25, 0.3) is 55.7 Å². The largest absolute Gasteiger partial charge is 0.338 e. The normalized spacial score (nSPS) is 13.8. The number of hydrogen-bond donors (Lipinski definition) is 3. The summed E-state index contributed by atoms with van der Waals surface area (Å²) in [6.45, 7) is 0. The number of aromatic amines is 2. The lowest BCUT2D eigenvalue weighted by Crippen LogP contribution is -2.28.